The van der Waals surface area contributed by atoms with E-state index in [0.717, 1.165) is 18.1 Å². The molecular weight excluding hydrogens is 274 g/mol. The molecule has 110 valence electrons. The van der Waals surface area contributed by atoms with E-state index in [2.05, 4.69) is 29.8 Å². The van der Waals surface area contributed by atoms with Gasteiger partial charge < -0.3 is 15.4 Å². The number of nitrogens with two attached hydrogens (primary N) is 1. The monoisotopic (exact) mass is 295 g/mol. The second kappa shape index (κ2) is 6.46. The van der Waals surface area contributed by atoms with Crippen molar-refractivity contribution in [3.05, 3.63) is 34.9 Å². The Bertz CT molecular complexity index is 482. The van der Waals surface area contributed by atoms with Gasteiger partial charge in [-0.05, 0) is 17.7 Å². The lowest BCUT2D eigenvalue weighted by Crippen LogP contribution is -2.45. The molecule has 4 nitrogen and oxygen atoms in total. The quantitative estimate of drug-likeness (QED) is 0.687. The van der Waals surface area contributed by atoms with Crippen LogP contribution in [-0.2, 0) is 10.2 Å². The molecule has 0 saturated carbocycles. The number of benzene rings is 1. The number of aliphatic imine (C=N–C) groups is 1. The van der Waals surface area contributed by atoms with Gasteiger partial charge in [0.1, 0.15) is 0 Å². The molecule has 0 amide bonds. The van der Waals surface area contributed by atoms with Crippen LogP contribution in [0.25, 0.3) is 0 Å². The van der Waals surface area contributed by atoms with E-state index in [-0.39, 0.29) is 5.41 Å². The lowest BCUT2D eigenvalue weighted by molar-refractivity contribution is 0.0674. The van der Waals surface area contributed by atoms with Crippen molar-refractivity contribution in [2.45, 2.75) is 19.3 Å². The van der Waals surface area contributed by atoms with Crippen LogP contribution in [0, 0.1) is 0 Å². The summed E-state index contributed by atoms with van der Waals surface area (Å²) in [5, 5.41) is 0.751. The Morgan fingerprint density at radius 2 is 2.10 bits per heavy atom. The highest BCUT2D eigenvalue weighted by Crippen LogP contribution is 2.25. The number of rotatable bonds is 3. The third-order valence-corrected chi connectivity index (χ3v) is 3.81. The fourth-order valence-corrected chi connectivity index (χ4v) is 2.36. The molecule has 1 aliphatic heterocycles. The van der Waals surface area contributed by atoms with Crippen LogP contribution < -0.4 is 5.73 Å². The summed E-state index contributed by atoms with van der Waals surface area (Å²) in [6.07, 6.45) is 0. The summed E-state index contributed by atoms with van der Waals surface area (Å²) in [5.41, 5.74) is 7.13. The largest absolute Gasteiger partial charge is 0.378 e. The first-order chi connectivity index (χ1) is 9.49. The highest BCUT2D eigenvalue weighted by atomic mass is 35.5. The topological polar surface area (TPSA) is 50.8 Å². The molecule has 0 atom stereocenters. The first-order valence-corrected chi connectivity index (χ1v) is 7.25. The summed E-state index contributed by atoms with van der Waals surface area (Å²) in [4.78, 5) is 6.61. The molecule has 5 heteroatoms. The fraction of sp³-hybridized carbons (Fsp3) is 0.533. The van der Waals surface area contributed by atoms with Crippen LogP contribution in [0.4, 0.5) is 0 Å². The molecule has 1 aromatic carbocycles. The van der Waals surface area contributed by atoms with Gasteiger partial charge in [-0.2, -0.15) is 0 Å². The molecule has 1 saturated heterocycles. The average Bonchev–Trinajstić information content (AvgIpc) is 2.46. The van der Waals surface area contributed by atoms with Crippen LogP contribution in [0.1, 0.15) is 19.4 Å². The number of hydrogen-bond acceptors (Lipinski definition) is 2. The summed E-state index contributed by atoms with van der Waals surface area (Å²) in [7, 11) is 0. The van der Waals surface area contributed by atoms with E-state index in [1.165, 1.54) is 5.56 Å². The maximum absolute atomic E-state index is 6.06. The fourth-order valence-electron chi connectivity index (χ4n) is 2.17. The Hall–Kier alpha value is -1.26. The Morgan fingerprint density at radius 3 is 2.75 bits per heavy atom. The minimum atomic E-state index is -0.0954. The summed E-state index contributed by atoms with van der Waals surface area (Å²) < 4.78 is 5.31. The Labute approximate surface area is 125 Å². The molecule has 0 aromatic heterocycles. The Morgan fingerprint density at radius 1 is 1.40 bits per heavy atom. The lowest BCUT2D eigenvalue weighted by atomic mass is 9.85. The van der Waals surface area contributed by atoms with Crippen molar-refractivity contribution in [3.8, 4) is 0 Å². The zero-order valence-corrected chi connectivity index (χ0v) is 12.9. The molecule has 1 aliphatic rings. The molecule has 0 radical (unpaired) electrons. The highest BCUT2D eigenvalue weighted by Gasteiger charge is 2.21. The number of guanidine groups is 1. The number of nitrogens with zero attached hydrogens (tertiary/aromatic N) is 2. The van der Waals surface area contributed by atoms with Crippen molar-refractivity contribution in [1.29, 1.82) is 0 Å². The molecule has 20 heavy (non-hydrogen) atoms. The van der Waals surface area contributed by atoms with Crippen molar-refractivity contribution in [1.82, 2.24) is 4.90 Å². The van der Waals surface area contributed by atoms with Crippen LogP contribution in [-0.4, -0.2) is 43.7 Å². The molecule has 0 unspecified atom stereocenters. The van der Waals surface area contributed by atoms with Gasteiger partial charge in [0.15, 0.2) is 5.96 Å². The van der Waals surface area contributed by atoms with Crippen molar-refractivity contribution in [3.63, 3.8) is 0 Å². The summed E-state index contributed by atoms with van der Waals surface area (Å²) in [5.74, 6) is 0.600. The number of ether oxygens (including phenoxy) is 1. The molecule has 0 aliphatic carbocycles. The summed E-state index contributed by atoms with van der Waals surface area (Å²) >= 11 is 6.05. The minimum Gasteiger partial charge on any atom is -0.378 e. The van der Waals surface area contributed by atoms with Gasteiger partial charge in [0, 0.05) is 23.5 Å². The molecular formula is C15H22ClN3O. The van der Waals surface area contributed by atoms with Crippen molar-refractivity contribution in [2.75, 3.05) is 32.8 Å². The predicted octanol–water partition coefficient (Wildman–Crippen LogP) is 2.26. The second-order valence-electron chi connectivity index (χ2n) is 5.67. The van der Waals surface area contributed by atoms with Crippen molar-refractivity contribution in [2.24, 2.45) is 10.7 Å². The van der Waals surface area contributed by atoms with Crippen LogP contribution in [0.3, 0.4) is 0 Å². The normalized spacial score (nSPS) is 17.4. The van der Waals surface area contributed by atoms with Gasteiger partial charge in [-0.25, -0.2) is 0 Å². The average molecular weight is 296 g/mol. The van der Waals surface area contributed by atoms with Gasteiger partial charge >= 0.3 is 0 Å². The predicted molar refractivity (Wildman–Crippen MR) is 83.4 cm³/mol. The smallest absolute Gasteiger partial charge is 0.191 e. The molecule has 1 heterocycles. The number of halogens is 1. The van der Waals surface area contributed by atoms with Gasteiger partial charge in [0.05, 0.1) is 19.8 Å². The second-order valence-corrected chi connectivity index (χ2v) is 6.10. The van der Waals surface area contributed by atoms with Crippen molar-refractivity contribution >= 4 is 17.6 Å². The SMILES string of the molecule is CC(C)(CN=C(N)N1CCOCC1)c1cccc(Cl)c1. The zero-order valence-electron chi connectivity index (χ0n) is 12.1. The maximum Gasteiger partial charge on any atom is 0.191 e. The van der Waals surface area contributed by atoms with Gasteiger partial charge in [0.25, 0.3) is 0 Å². The van der Waals surface area contributed by atoms with Gasteiger partial charge in [-0.15, -0.1) is 0 Å². The summed E-state index contributed by atoms with van der Waals surface area (Å²) in [6, 6.07) is 7.91. The highest BCUT2D eigenvalue weighted by molar-refractivity contribution is 6.30. The standard InChI is InChI=1S/C15H22ClN3O/c1-15(2,12-4-3-5-13(16)10-12)11-18-14(17)19-6-8-20-9-7-19/h3-5,10H,6-9,11H2,1-2H3,(H2,17,18). The van der Waals surface area contributed by atoms with E-state index in [1.807, 2.05) is 18.2 Å². The third-order valence-electron chi connectivity index (χ3n) is 3.58. The van der Waals surface area contributed by atoms with E-state index in [4.69, 9.17) is 22.1 Å². The van der Waals surface area contributed by atoms with E-state index in [0.29, 0.717) is 25.7 Å². The number of hydrogen-bond donors (Lipinski definition) is 1. The summed E-state index contributed by atoms with van der Waals surface area (Å²) in [6.45, 7) is 7.99. The van der Waals surface area contributed by atoms with E-state index in [9.17, 15) is 0 Å². The molecule has 2 N–H and O–H groups in total. The molecule has 0 spiro atoms. The maximum atomic E-state index is 6.06. The van der Waals surface area contributed by atoms with Crippen LogP contribution >= 0.6 is 11.6 Å². The van der Waals surface area contributed by atoms with Crippen LogP contribution in [0.15, 0.2) is 29.3 Å². The first kappa shape index (κ1) is 15.1. The van der Waals surface area contributed by atoms with Gasteiger partial charge in [-0.3, -0.25) is 4.99 Å². The first-order valence-electron chi connectivity index (χ1n) is 6.88. The Kier molecular flexibility index (Phi) is 4.89. The molecule has 1 aromatic rings. The third kappa shape index (κ3) is 3.87. The minimum absolute atomic E-state index is 0.0954. The van der Waals surface area contributed by atoms with Gasteiger partial charge in [0.2, 0.25) is 0 Å². The van der Waals surface area contributed by atoms with Crippen LogP contribution in [0.2, 0.25) is 5.02 Å². The molecule has 1 fully saturated rings. The zero-order chi connectivity index (χ0) is 14.6. The van der Waals surface area contributed by atoms with E-state index in [1.54, 1.807) is 0 Å². The van der Waals surface area contributed by atoms with E-state index < -0.39 is 0 Å². The number of morpholine rings is 1. The molecule has 2 rings (SSSR count). The Balaban J connectivity index is 2.04. The van der Waals surface area contributed by atoms with Gasteiger partial charge in [-0.1, -0.05) is 37.6 Å². The van der Waals surface area contributed by atoms with Crippen molar-refractivity contribution < 1.29 is 4.74 Å². The lowest BCUT2D eigenvalue weighted by Gasteiger charge is -2.29. The van der Waals surface area contributed by atoms with Crippen LogP contribution in [0.5, 0.6) is 0 Å². The molecule has 0 bridgehead atoms. The van der Waals surface area contributed by atoms with E-state index >= 15 is 0 Å².